The lowest BCUT2D eigenvalue weighted by molar-refractivity contribution is 0.122. The van der Waals surface area contributed by atoms with Gasteiger partial charge in [0.1, 0.15) is 11.3 Å². The van der Waals surface area contributed by atoms with Crippen molar-refractivity contribution in [3.8, 4) is 33.9 Å². The minimum Gasteiger partial charge on any atom is -0.378 e. The Balaban J connectivity index is 1.41. The Bertz CT molecular complexity index is 1390. The van der Waals surface area contributed by atoms with E-state index in [4.69, 9.17) is 9.72 Å². The molecule has 0 unspecified atom stereocenters. The lowest BCUT2D eigenvalue weighted by atomic mass is 10.0. The van der Waals surface area contributed by atoms with Crippen LogP contribution in [0.5, 0.6) is 0 Å². The predicted octanol–water partition coefficient (Wildman–Crippen LogP) is 4.96. The maximum Gasteiger partial charge on any atom is 0.138 e. The second-order valence-electron chi connectivity index (χ2n) is 8.03. The molecule has 0 radical (unpaired) electrons. The average Bonchev–Trinajstić information content (AvgIpc) is 3.30. The molecule has 162 valence electrons. The van der Waals surface area contributed by atoms with Gasteiger partial charge in [-0.25, -0.2) is 4.98 Å². The maximum absolute atomic E-state index is 5.47. The van der Waals surface area contributed by atoms with E-state index in [1.54, 1.807) is 6.20 Å². The Morgan fingerprint density at radius 2 is 1.55 bits per heavy atom. The van der Waals surface area contributed by atoms with Crippen molar-refractivity contribution >= 4 is 11.3 Å². The molecule has 6 heteroatoms. The van der Waals surface area contributed by atoms with Crippen molar-refractivity contribution in [3.63, 3.8) is 0 Å². The molecule has 0 aliphatic carbocycles. The summed E-state index contributed by atoms with van der Waals surface area (Å²) in [5.74, 6) is 0. The molecule has 4 aromatic heterocycles. The fourth-order valence-electron chi connectivity index (χ4n) is 4.35. The summed E-state index contributed by atoms with van der Waals surface area (Å²) in [7, 11) is 0. The topological polar surface area (TPSA) is 55.5 Å². The molecule has 1 fully saturated rings. The molecule has 6 nitrogen and oxygen atoms in total. The fourth-order valence-corrected chi connectivity index (χ4v) is 4.35. The van der Waals surface area contributed by atoms with Gasteiger partial charge in [-0.3, -0.25) is 14.4 Å². The molecule has 33 heavy (non-hydrogen) atoms. The molecule has 0 bridgehead atoms. The third-order valence-electron chi connectivity index (χ3n) is 6.01. The largest absolute Gasteiger partial charge is 0.378 e. The van der Waals surface area contributed by atoms with E-state index in [-0.39, 0.29) is 0 Å². The number of aromatic nitrogens is 4. The molecule has 0 N–H and O–H groups in total. The van der Waals surface area contributed by atoms with Gasteiger partial charge in [0.25, 0.3) is 0 Å². The van der Waals surface area contributed by atoms with E-state index >= 15 is 0 Å². The molecule has 5 aromatic rings. The van der Waals surface area contributed by atoms with Crippen molar-refractivity contribution < 1.29 is 4.74 Å². The molecular weight excluding hydrogens is 410 g/mol. The summed E-state index contributed by atoms with van der Waals surface area (Å²) in [5, 5.41) is 0. The zero-order valence-corrected chi connectivity index (χ0v) is 18.1. The second kappa shape index (κ2) is 8.48. The van der Waals surface area contributed by atoms with Crippen LogP contribution in [0.4, 0.5) is 5.69 Å². The molecule has 5 heterocycles. The van der Waals surface area contributed by atoms with E-state index in [1.807, 2.05) is 54.9 Å². The SMILES string of the molecule is c1ccc(-c2nc3ccccn3c2-c2ccnc(-c3ccc(N4CCOCC4)cc3)c2)nc1. The number of anilines is 1. The first-order valence-corrected chi connectivity index (χ1v) is 11.1. The van der Waals surface area contributed by atoms with E-state index in [0.29, 0.717) is 0 Å². The van der Waals surface area contributed by atoms with Crippen molar-refractivity contribution in [2.24, 2.45) is 0 Å². The number of hydrogen-bond acceptors (Lipinski definition) is 5. The molecule has 6 rings (SSSR count). The van der Waals surface area contributed by atoms with Gasteiger partial charge in [-0.2, -0.15) is 0 Å². The Morgan fingerprint density at radius 3 is 2.36 bits per heavy atom. The minimum atomic E-state index is 0.781. The molecule has 0 saturated carbocycles. The zero-order chi connectivity index (χ0) is 22.0. The van der Waals surface area contributed by atoms with Crippen LogP contribution in [0.1, 0.15) is 0 Å². The van der Waals surface area contributed by atoms with Crippen molar-refractivity contribution in [3.05, 3.63) is 91.4 Å². The third-order valence-corrected chi connectivity index (χ3v) is 6.01. The van der Waals surface area contributed by atoms with Crippen molar-refractivity contribution in [2.75, 3.05) is 31.2 Å². The molecule has 0 amide bonds. The number of benzene rings is 1. The molecule has 0 atom stereocenters. The summed E-state index contributed by atoms with van der Waals surface area (Å²) in [6, 6.07) is 24.7. The molecule has 0 spiro atoms. The fraction of sp³-hybridized carbons (Fsp3) is 0.148. The van der Waals surface area contributed by atoms with Crippen LogP contribution in [-0.2, 0) is 4.74 Å². The zero-order valence-electron chi connectivity index (χ0n) is 18.1. The number of ether oxygens (including phenoxy) is 1. The number of rotatable bonds is 4. The summed E-state index contributed by atoms with van der Waals surface area (Å²) in [5.41, 5.74) is 7.90. The molecule has 1 aliphatic heterocycles. The van der Waals surface area contributed by atoms with Gasteiger partial charge in [-0.1, -0.05) is 24.3 Å². The van der Waals surface area contributed by atoms with Crippen LogP contribution in [-0.4, -0.2) is 45.7 Å². The first-order chi connectivity index (χ1) is 16.4. The summed E-state index contributed by atoms with van der Waals surface area (Å²) in [4.78, 5) is 16.5. The van der Waals surface area contributed by atoms with Crippen LogP contribution in [0, 0.1) is 0 Å². The normalized spacial score (nSPS) is 14.0. The summed E-state index contributed by atoms with van der Waals surface area (Å²) >= 11 is 0. The lowest BCUT2D eigenvalue weighted by Crippen LogP contribution is -2.36. The third kappa shape index (κ3) is 3.75. The minimum absolute atomic E-state index is 0.781. The van der Waals surface area contributed by atoms with E-state index in [2.05, 4.69) is 49.6 Å². The van der Waals surface area contributed by atoms with Gasteiger partial charge in [-0.15, -0.1) is 0 Å². The molecule has 1 aliphatic rings. The van der Waals surface area contributed by atoms with Crippen molar-refractivity contribution in [1.82, 2.24) is 19.4 Å². The number of hydrogen-bond donors (Lipinski definition) is 0. The Kier molecular flexibility index (Phi) is 5.05. The molecule has 1 aromatic carbocycles. The number of fused-ring (bicyclic) bond motifs is 1. The standard InChI is InChI=1S/C27H23N5O/c1-3-12-28-23(5-1)26-27(32-14-4-2-6-25(32)30-26)21-11-13-29-24(19-21)20-7-9-22(10-8-20)31-15-17-33-18-16-31/h1-14,19H,15-18H2. The highest BCUT2D eigenvalue weighted by Gasteiger charge is 2.17. The molecule has 1 saturated heterocycles. The molecular formula is C27H23N5O. The number of morpholine rings is 1. The number of nitrogens with zero attached hydrogens (tertiary/aromatic N) is 5. The van der Waals surface area contributed by atoms with Crippen LogP contribution >= 0.6 is 0 Å². The van der Waals surface area contributed by atoms with Gasteiger partial charge in [0.2, 0.25) is 0 Å². The van der Waals surface area contributed by atoms with E-state index in [0.717, 1.165) is 65.9 Å². The predicted molar refractivity (Wildman–Crippen MR) is 130 cm³/mol. The van der Waals surface area contributed by atoms with Gasteiger partial charge in [0.05, 0.1) is 30.3 Å². The Labute approximate surface area is 192 Å². The number of pyridine rings is 3. The van der Waals surface area contributed by atoms with Crippen molar-refractivity contribution in [2.45, 2.75) is 0 Å². The lowest BCUT2D eigenvalue weighted by Gasteiger charge is -2.28. The van der Waals surface area contributed by atoms with Crippen LogP contribution in [0.25, 0.3) is 39.5 Å². The Morgan fingerprint density at radius 1 is 0.727 bits per heavy atom. The second-order valence-corrected chi connectivity index (χ2v) is 8.03. The van der Waals surface area contributed by atoms with Crippen LogP contribution in [0.15, 0.2) is 91.4 Å². The van der Waals surface area contributed by atoms with Crippen LogP contribution in [0.3, 0.4) is 0 Å². The first-order valence-electron chi connectivity index (χ1n) is 11.1. The van der Waals surface area contributed by atoms with Gasteiger partial charge in [0, 0.05) is 48.5 Å². The highest BCUT2D eigenvalue weighted by Crippen LogP contribution is 2.33. The smallest absolute Gasteiger partial charge is 0.138 e. The van der Waals surface area contributed by atoms with Gasteiger partial charge in [0.15, 0.2) is 0 Å². The van der Waals surface area contributed by atoms with Gasteiger partial charge < -0.3 is 9.64 Å². The van der Waals surface area contributed by atoms with Crippen LogP contribution < -0.4 is 4.90 Å². The van der Waals surface area contributed by atoms with Crippen molar-refractivity contribution in [1.29, 1.82) is 0 Å². The highest BCUT2D eigenvalue weighted by molar-refractivity contribution is 5.82. The van der Waals surface area contributed by atoms with E-state index in [1.165, 1.54) is 5.69 Å². The average molecular weight is 434 g/mol. The summed E-state index contributed by atoms with van der Waals surface area (Å²) < 4.78 is 7.59. The summed E-state index contributed by atoms with van der Waals surface area (Å²) in [6.45, 7) is 3.42. The summed E-state index contributed by atoms with van der Waals surface area (Å²) in [6.07, 6.45) is 5.71. The van der Waals surface area contributed by atoms with Gasteiger partial charge >= 0.3 is 0 Å². The first kappa shape index (κ1) is 19.6. The van der Waals surface area contributed by atoms with E-state index < -0.39 is 0 Å². The van der Waals surface area contributed by atoms with Crippen LogP contribution in [0.2, 0.25) is 0 Å². The Hall–Kier alpha value is -4.03. The van der Waals surface area contributed by atoms with E-state index in [9.17, 15) is 0 Å². The monoisotopic (exact) mass is 433 g/mol. The highest BCUT2D eigenvalue weighted by atomic mass is 16.5. The van der Waals surface area contributed by atoms with Gasteiger partial charge in [-0.05, 0) is 48.5 Å². The quantitative estimate of drug-likeness (QED) is 0.401. The maximum atomic E-state index is 5.47. The number of imidazole rings is 1.